The first-order valence-corrected chi connectivity index (χ1v) is 5.88. The lowest BCUT2D eigenvalue weighted by atomic mass is 9.97. The van der Waals surface area contributed by atoms with Crippen molar-refractivity contribution in [3.05, 3.63) is 22.3 Å². The fourth-order valence-corrected chi connectivity index (χ4v) is 1.94. The molecule has 14 heavy (non-hydrogen) atoms. The standard InChI is InChI=1S/C11H15BrN2/c1-3-9-6-14(7-9)11-5-4-10(12)8(2)13-11/h4-5,9H,3,6-7H2,1-2H3. The summed E-state index contributed by atoms with van der Waals surface area (Å²) in [5.74, 6) is 2.00. The van der Waals surface area contributed by atoms with Crippen LogP contribution in [-0.4, -0.2) is 18.1 Å². The minimum absolute atomic E-state index is 0.876. The molecule has 0 atom stereocenters. The van der Waals surface area contributed by atoms with Gasteiger partial charge in [0.05, 0.1) is 5.69 Å². The van der Waals surface area contributed by atoms with Crippen LogP contribution in [0, 0.1) is 12.8 Å². The first-order valence-electron chi connectivity index (χ1n) is 5.08. The van der Waals surface area contributed by atoms with Crippen LogP contribution >= 0.6 is 15.9 Å². The molecule has 2 heterocycles. The molecule has 1 aromatic rings. The molecular weight excluding hydrogens is 240 g/mol. The Kier molecular flexibility index (Phi) is 2.77. The molecule has 76 valence electrons. The maximum atomic E-state index is 4.54. The van der Waals surface area contributed by atoms with E-state index in [1.165, 1.54) is 19.5 Å². The van der Waals surface area contributed by atoms with Crippen molar-refractivity contribution in [2.24, 2.45) is 5.92 Å². The largest absolute Gasteiger partial charge is 0.356 e. The highest BCUT2D eigenvalue weighted by molar-refractivity contribution is 9.10. The Morgan fingerprint density at radius 2 is 2.21 bits per heavy atom. The van der Waals surface area contributed by atoms with Crippen LogP contribution in [0.2, 0.25) is 0 Å². The van der Waals surface area contributed by atoms with E-state index in [-0.39, 0.29) is 0 Å². The number of rotatable bonds is 2. The summed E-state index contributed by atoms with van der Waals surface area (Å²) in [5.41, 5.74) is 1.07. The van der Waals surface area contributed by atoms with Crippen LogP contribution in [0.5, 0.6) is 0 Å². The first kappa shape index (κ1) is 9.97. The van der Waals surface area contributed by atoms with E-state index in [0.717, 1.165) is 21.9 Å². The highest BCUT2D eigenvalue weighted by atomic mass is 79.9. The van der Waals surface area contributed by atoms with Crippen molar-refractivity contribution in [3.8, 4) is 0 Å². The van der Waals surface area contributed by atoms with E-state index in [4.69, 9.17) is 0 Å². The topological polar surface area (TPSA) is 16.1 Å². The van der Waals surface area contributed by atoms with Crippen molar-refractivity contribution < 1.29 is 0 Å². The summed E-state index contributed by atoms with van der Waals surface area (Å²) < 4.78 is 1.09. The molecule has 1 fully saturated rings. The molecule has 1 aliphatic rings. The SMILES string of the molecule is CCC1CN(c2ccc(Br)c(C)n2)C1. The predicted octanol–water partition coefficient (Wildman–Crippen LogP) is 3.00. The van der Waals surface area contributed by atoms with Gasteiger partial charge in [-0.25, -0.2) is 4.98 Å². The zero-order chi connectivity index (χ0) is 10.1. The lowest BCUT2D eigenvalue weighted by Crippen LogP contribution is -2.46. The molecule has 1 aliphatic heterocycles. The molecule has 0 spiro atoms. The Morgan fingerprint density at radius 1 is 1.50 bits per heavy atom. The highest BCUT2D eigenvalue weighted by Crippen LogP contribution is 2.26. The molecule has 0 amide bonds. The van der Waals surface area contributed by atoms with Crippen LogP contribution in [-0.2, 0) is 0 Å². The second-order valence-corrected chi connectivity index (χ2v) is 4.77. The van der Waals surface area contributed by atoms with E-state index in [1.54, 1.807) is 0 Å². The third kappa shape index (κ3) is 1.78. The van der Waals surface area contributed by atoms with Crippen LogP contribution in [0.3, 0.4) is 0 Å². The zero-order valence-electron chi connectivity index (χ0n) is 8.63. The number of aryl methyl sites for hydroxylation is 1. The van der Waals surface area contributed by atoms with Crippen LogP contribution in [0.4, 0.5) is 5.82 Å². The smallest absolute Gasteiger partial charge is 0.128 e. The number of hydrogen-bond acceptors (Lipinski definition) is 2. The van der Waals surface area contributed by atoms with Gasteiger partial charge in [-0.05, 0) is 47.3 Å². The lowest BCUT2D eigenvalue weighted by Gasteiger charge is -2.39. The van der Waals surface area contributed by atoms with E-state index >= 15 is 0 Å². The van der Waals surface area contributed by atoms with Crippen molar-refractivity contribution in [2.75, 3.05) is 18.0 Å². The minimum Gasteiger partial charge on any atom is -0.356 e. The highest BCUT2D eigenvalue weighted by Gasteiger charge is 2.25. The number of pyridine rings is 1. The normalized spacial score (nSPS) is 16.9. The van der Waals surface area contributed by atoms with Crippen molar-refractivity contribution in [1.82, 2.24) is 4.98 Å². The van der Waals surface area contributed by atoms with Crippen LogP contribution in [0.25, 0.3) is 0 Å². The summed E-state index contributed by atoms with van der Waals surface area (Å²) >= 11 is 3.46. The van der Waals surface area contributed by atoms with Crippen molar-refractivity contribution >= 4 is 21.7 Å². The quantitative estimate of drug-likeness (QED) is 0.807. The fourth-order valence-electron chi connectivity index (χ4n) is 1.72. The van der Waals surface area contributed by atoms with Gasteiger partial charge in [-0.15, -0.1) is 0 Å². The summed E-state index contributed by atoms with van der Waals surface area (Å²) in [6.45, 7) is 6.63. The molecular formula is C11H15BrN2. The Hall–Kier alpha value is -0.570. The third-order valence-electron chi connectivity index (χ3n) is 2.87. The van der Waals surface area contributed by atoms with Gasteiger partial charge in [-0.1, -0.05) is 6.92 Å². The van der Waals surface area contributed by atoms with Crippen molar-refractivity contribution in [3.63, 3.8) is 0 Å². The maximum Gasteiger partial charge on any atom is 0.128 e. The number of aromatic nitrogens is 1. The molecule has 0 saturated carbocycles. The van der Waals surface area contributed by atoms with Gasteiger partial charge in [0.15, 0.2) is 0 Å². The second-order valence-electron chi connectivity index (χ2n) is 3.92. The van der Waals surface area contributed by atoms with Gasteiger partial charge in [0.25, 0.3) is 0 Å². The van der Waals surface area contributed by atoms with Gasteiger partial charge in [0, 0.05) is 17.6 Å². The van der Waals surface area contributed by atoms with Gasteiger partial charge in [0.1, 0.15) is 5.82 Å². The number of nitrogens with zero attached hydrogens (tertiary/aromatic N) is 2. The molecule has 0 aliphatic carbocycles. The van der Waals surface area contributed by atoms with Gasteiger partial charge < -0.3 is 4.90 Å². The molecule has 0 radical (unpaired) electrons. The summed E-state index contributed by atoms with van der Waals surface area (Å²) in [6, 6.07) is 4.17. The summed E-state index contributed by atoms with van der Waals surface area (Å²) in [5, 5.41) is 0. The van der Waals surface area contributed by atoms with Gasteiger partial charge >= 0.3 is 0 Å². The van der Waals surface area contributed by atoms with E-state index in [2.05, 4.69) is 44.9 Å². The van der Waals surface area contributed by atoms with Crippen molar-refractivity contribution in [1.29, 1.82) is 0 Å². The Labute approximate surface area is 93.5 Å². The molecule has 0 aromatic carbocycles. The van der Waals surface area contributed by atoms with Gasteiger partial charge in [-0.2, -0.15) is 0 Å². The number of anilines is 1. The monoisotopic (exact) mass is 254 g/mol. The fraction of sp³-hybridized carbons (Fsp3) is 0.545. The summed E-state index contributed by atoms with van der Waals surface area (Å²) in [7, 11) is 0. The molecule has 3 heteroatoms. The molecule has 0 bridgehead atoms. The Bertz CT molecular complexity index is 332. The summed E-state index contributed by atoms with van der Waals surface area (Å²) in [6.07, 6.45) is 1.28. The second kappa shape index (κ2) is 3.89. The van der Waals surface area contributed by atoms with Crippen LogP contribution < -0.4 is 4.90 Å². The molecule has 2 rings (SSSR count). The van der Waals surface area contributed by atoms with E-state index < -0.39 is 0 Å². The Morgan fingerprint density at radius 3 is 2.79 bits per heavy atom. The predicted molar refractivity (Wildman–Crippen MR) is 62.7 cm³/mol. The Balaban J connectivity index is 2.08. The van der Waals surface area contributed by atoms with E-state index in [1.807, 2.05) is 6.92 Å². The average Bonchev–Trinajstić information content (AvgIpc) is 2.09. The number of halogens is 1. The molecule has 1 saturated heterocycles. The maximum absolute atomic E-state index is 4.54. The molecule has 0 N–H and O–H groups in total. The van der Waals surface area contributed by atoms with E-state index in [0.29, 0.717) is 0 Å². The first-order chi connectivity index (χ1) is 6.70. The molecule has 2 nitrogen and oxygen atoms in total. The van der Waals surface area contributed by atoms with Crippen LogP contribution in [0.15, 0.2) is 16.6 Å². The summed E-state index contributed by atoms with van der Waals surface area (Å²) in [4.78, 5) is 6.88. The average molecular weight is 255 g/mol. The molecule has 1 aromatic heterocycles. The van der Waals surface area contributed by atoms with Crippen LogP contribution in [0.1, 0.15) is 19.0 Å². The molecule has 0 unspecified atom stereocenters. The van der Waals surface area contributed by atoms with Gasteiger partial charge in [-0.3, -0.25) is 0 Å². The van der Waals surface area contributed by atoms with E-state index in [9.17, 15) is 0 Å². The van der Waals surface area contributed by atoms with Gasteiger partial charge in [0.2, 0.25) is 0 Å². The number of hydrogen-bond donors (Lipinski definition) is 0. The van der Waals surface area contributed by atoms with Crippen molar-refractivity contribution in [2.45, 2.75) is 20.3 Å². The third-order valence-corrected chi connectivity index (χ3v) is 3.70. The minimum atomic E-state index is 0.876. The lowest BCUT2D eigenvalue weighted by molar-refractivity contribution is 0.395. The zero-order valence-corrected chi connectivity index (χ0v) is 10.2.